The average Bonchev–Trinajstić information content (AvgIpc) is 2.70. The molecule has 27 heavy (non-hydrogen) atoms. The fraction of sp³-hybridized carbons (Fsp3) is 0.0476. The zero-order valence-corrected chi connectivity index (χ0v) is 17.9. The Labute approximate surface area is 158 Å². The molecule has 0 bridgehead atoms. The molecule has 0 spiro atoms. The third-order valence-electron chi connectivity index (χ3n) is 4.39. The topological polar surface area (TPSA) is 0 Å². The van der Waals surface area contributed by atoms with Crippen molar-refractivity contribution in [2.75, 3.05) is 0 Å². The van der Waals surface area contributed by atoms with E-state index in [-0.39, 0.29) is 0 Å². The van der Waals surface area contributed by atoms with E-state index < -0.39 is 36.6 Å². The van der Waals surface area contributed by atoms with Crippen LogP contribution in [0.2, 0.25) is 0 Å². The van der Waals surface area contributed by atoms with Gasteiger partial charge in [-0.05, 0) is 0 Å². The van der Waals surface area contributed by atoms with Gasteiger partial charge in [0.05, 0.1) is 0 Å². The van der Waals surface area contributed by atoms with Crippen molar-refractivity contribution < 1.29 is 22.0 Å². The van der Waals surface area contributed by atoms with Gasteiger partial charge in [-0.25, -0.2) is 0 Å². The van der Waals surface area contributed by atoms with Crippen LogP contribution < -0.4 is 9.37 Å². The van der Waals surface area contributed by atoms with Crippen LogP contribution in [0, 0.1) is 0 Å². The molecule has 0 aliphatic heterocycles. The van der Waals surface area contributed by atoms with E-state index in [0.717, 1.165) is 0 Å². The minimum absolute atomic E-state index is 0.416. The molecule has 3 rings (SSSR count). The van der Waals surface area contributed by atoms with Crippen LogP contribution in [0.25, 0.3) is 0 Å². The van der Waals surface area contributed by atoms with Crippen molar-refractivity contribution in [1.82, 2.24) is 0 Å². The van der Waals surface area contributed by atoms with Crippen molar-refractivity contribution >= 4 is 30.5 Å². The Morgan fingerprint density at radius 2 is 0.852 bits per heavy atom. The summed E-state index contributed by atoms with van der Waals surface area (Å²) in [5.74, 6) is -2.64. The summed E-state index contributed by atoms with van der Waals surface area (Å²) in [6, 6.07) is 24.4. The third-order valence-corrected chi connectivity index (χ3v) is 21.8. The van der Waals surface area contributed by atoms with Crippen LogP contribution in [0.1, 0.15) is 0 Å². The molecule has 0 heterocycles. The molecule has 0 saturated carbocycles. The van der Waals surface area contributed by atoms with Gasteiger partial charge in [0.2, 0.25) is 0 Å². The molecule has 0 aliphatic rings. The number of allylic oxidation sites excluding steroid dienone is 1. The molecular formula is C21H15F5Pb. The Bertz CT molecular complexity index is 822. The van der Waals surface area contributed by atoms with E-state index >= 15 is 4.39 Å². The summed E-state index contributed by atoms with van der Waals surface area (Å²) in [6.07, 6.45) is -5.38. The molecule has 138 valence electrons. The molecule has 3 aromatic rings. The average molecular weight is 570 g/mol. The normalized spacial score (nSPS) is 13.2. The minimum atomic E-state index is -5.38. The molecule has 0 unspecified atom stereocenters. The SMILES string of the molecule is F/C(=[C](/F)[Pb]([c]1ccccc1)([c]1ccccc1)[c]1ccccc1)C(F)(F)F. The van der Waals surface area contributed by atoms with Crippen LogP contribution in [0.3, 0.4) is 0 Å². The zero-order valence-electron chi connectivity index (χ0n) is 14.1. The second kappa shape index (κ2) is 7.92. The van der Waals surface area contributed by atoms with Gasteiger partial charge in [0.15, 0.2) is 0 Å². The molecule has 6 heteroatoms. The molecule has 3 aromatic carbocycles. The number of rotatable bonds is 4. The van der Waals surface area contributed by atoms with Gasteiger partial charge in [0, 0.05) is 0 Å². The van der Waals surface area contributed by atoms with Crippen molar-refractivity contribution in [1.29, 1.82) is 0 Å². The molecule has 0 aliphatic carbocycles. The fourth-order valence-electron chi connectivity index (χ4n) is 3.23. The van der Waals surface area contributed by atoms with Crippen molar-refractivity contribution in [2.24, 2.45) is 0 Å². The third kappa shape index (κ3) is 3.69. The summed E-state index contributed by atoms with van der Waals surface area (Å²) < 4.78 is 68.8. The first kappa shape index (κ1) is 19.7. The van der Waals surface area contributed by atoms with Crippen LogP contribution in [0.5, 0.6) is 0 Å². The Hall–Kier alpha value is -2.03. The molecule has 0 amide bonds. The van der Waals surface area contributed by atoms with Crippen LogP contribution in [-0.4, -0.2) is 27.3 Å². The first-order valence-corrected chi connectivity index (χ1v) is 16.0. The van der Waals surface area contributed by atoms with Crippen molar-refractivity contribution in [3.8, 4) is 0 Å². The summed E-state index contributed by atoms with van der Waals surface area (Å²) in [5.41, 5.74) is 0. The van der Waals surface area contributed by atoms with E-state index in [1.807, 2.05) is 0 Å². The van der Waals surface area contributed by atoms with Gasteiger partial charge in [-0.2, -0.15) is 0 Å². The molecule has 0 aromatic heterocycles. The molecule has 0 saturated heterocycles. The second-order valence-corrected chi connectivity index (χ2v) is 20.2. The standard InChI is InChI=1S/3C6H5.C3F5.Pb/c3*1-2-4-6-5-3-1;4-1-2(5)3(6,7)8;/h3*1-5H;;. The maximum atomic E-state index is 15.6. The molecule has 0 nitrogen and oxygen atoms in total. The van der Waals surface area contributed by atoms with E-state index in [4.69, 9.17) is 0 Å². The molecule has 0 atom stereocenters. The molecule has 0 fully saturated rings. The van der Waals surface area contributed by atoms with E-state index in [1.54, 1.807) is 91.0 Å². The number of alkyl halides is 3. The van der Waals surface area contributed by atoms with Crippen molar-refractivity contribution in [3.05, 3.63) is 100 Å². The summed E-state index contributed by atoms with van der Waals surface area (Å²) in [4.78, 5) is 0. The predicted molar refractivity (Wildman–Crippen MR) is 99.3 cm³/mol. The van der Waals surface area contributed by atoms with Gasteiger partial charge in [0.1, 0.15) is 0 Å². The molecule has 0 N–H and O–H groups in total. The second-order valence-electron chi connectivity index (χ2n) is 5.97. The van der Waals surface area contributed by atoms with Gasteiger partial charge < -0.3 is 0 Å². The Balaban J connectivity index is 2.48. The summed E-state index contributed by atoms with van der Waals surface area (Å²) in [7, 11) is 0. The van der Waals surface area contributed by atoms with Crippen LogP contribution in [0.15, 0.2) is 100 Å². The van der Waals surface area contributed by atoms with Gasteiger partial charge in [-0.3, -0.25) is 0 Å². The first-order chi connectivity index (χ1) is 12.9. The quantitative estimate of drug-likeness (QED) is 0.323. The Kier molecular flexibility index (Phi) is 5.78. The Morgan fingerprint density at radius 1 is 0.556 bits per heavy atom. The van der Waals surface area contributed by atoms with Crippen LogP contribution >= 0.6 is 0 Å². The number of benzene rings is 3. The summed E-state index contributed by atoms with van der Waals surface area (Å²) in [5, 5.41) is 0. The molecule has 0 radical (unpaired) electrons. The zero-order chi connectivity index (χ0) is 19.5. The fourth-order valence-corrected chi connectivity index (χ4v) is 20.0. The number of hydrogen-bond donors (Lipinski definition) is 0. The molecular weight excluding hydrogens is 554 g/mol. The van der Waals surface area contributed by atoms with E-state index in [2.05, 4.69) is 0 Å². The number of hydrogen-bond acceptors (Lipinski definition) is 0. The van der Waals surface area contributed by atoms with Crippen molar-refractivity contribution in [2.45, 2.75) is 6.18 Å². The first-order valence-electron chi connectivity index (χ1n) is 8.18. The van der Waals surface area contributed by atoms with E-state index in [9.17, 15) is 17.6 Å². The Morgan fingerprint density at radius 3 is 1.11 bits per heavy atom. The van der Waals surface area contributed by atoms with Crippen LogP contribution in [0.4, 0.5) is 22.0 Å². The van der Waals surface area contributed by atoms with E-state index in [0.29, 0.717) is 9.37 Å². The van der Waals surface area contributed by atoms with Gasteiger partial charge >= 0.3 is 159 Å². The van der Waals surface area contributed by atoms with Crippen LogP contribution in [-0.2, 0) is 0 Å². The summed E-state index contributed by atoms with van der Waals surface area (Å²) >= 11 is -5.29. The monoisotopic (exact) mass is 570 g/mol. The van der Waals surface area contributed by atoms with E-state index in [1.165, 1.54) is 0 Å². The van der Waals surface area contributed by atoms with Gasteiger partial charge in [-0.15, -0.1) is 0 Å². The predicted octanol–water partition coefficient (Wildman–Crippen LogP) is 4.41. The maximum absolute atomic E-state index is 15.6. The summed E-state index contributed by atoms with van der Waals surface area (Å²) in [6.45, 7) is 0. The van der Waals surface area contributed by atoms with Gasteiger partial charge in [0.25, 0.3) is 0 Å². The van der Waals surface area contributed by atoms with Crippen molar-refractivity contribution in [3.63, 3.8) is 0 Å². The van der Waals surface area contributed by atoms with Gasteiger partial charge in [-0.1, -0.05) is 0 Å². The number of halogens is 5.